The fraction of sp³-hybridized carbons (Fsp3) is 0.529. The van der Waals surface area contributed by atoms with Crippen LogP contribution in [0.1, 0.15) is 56.7 Å². The lowest BCUT2D eigenvalue weighted by atomic mass is 9.98. The Morgan fingerprint density at radius 3 is 2.21 bits per heavy atom. The zero-order valence-electron chi connectivity index (χ0n) is 12.3. The molecule has 1 aromatic rings. The summed E-state index contributed by atoms with van der Waals surface area (Å²) in [7, 11) is 0. The van der Waals surface area contributed by atoms with Gasteiger partial charge in [-0.05, 0) is 23.5 Å². The summed E-state index contributed by atoms with van der Waals surface area (Å²) in [5.41, 5.74) is 8.43. The fourth-order valence-corrected chi connectivity index (χ4v) is 2.16. The summed E-state index contributed by atoms with van der Waals surface area (Å²) < 4.78 is 0. The van der Waals surface area contributed by atoms with Gasteiger partial charge in [-0.2, -0.15) is 0 Å². The Morgan fingerprint density at radius 2 is 1.79 bits per heavy atom. The Kier molecular flexibility index (Phi) is 6.62. The quantitative estimate of drug-likeness (QED) is 0.737. The molecule has 104 valence electrons. The van der Waals surface area contributed by atoms with E-state index < -0.39 is 0 Å². The van der Waals surface area contributed by atoms with Crippen molar-refractivity contribution in [1.29, 1.82) is 0 Å². The molecule has 2 heteroatoms. The van der Waals surface area contributed by atoms with Crippen molar-refractivity contribution in [3.05, 3.63) is 35.4 Å². The normalized spacial score (nSPS) is 14.1. The highest BCUT2D eigenvalue weighted by Gasteiger charge is 2.13. The second kappa shape index (κ2) is 7.99. The average Bonchev–Trinajstić information content (AvgIpc) is 2.43. The molecule has 0 fully saturated rings. The summed E-state index contributed by atoms with van der Waals surface area (Å²) in [5, 5.41) is 3.46. The first kappa shape index (κ1) is 15.8. The second-order valence-electron chi connectivity index (χ2n) is 5.28. The summed E-state index contributed by atoms with van der Waals surface area (Å²) in [5.74, 6) is 3.35. The number of hydrogen-bond acceptors (Lipinski definition) is 2. The zero-order valence-corrected chi connectivity index (χ0v) is 12.3. The molecule has 0 aromatic heterocycles. The standard InChI is InChI=1S/C17H26N2/c1-5-7-16(6-2)19-17(12-18)15-10-8-14(9-11-15)13(3)4/h2,8-11,13,16-17,19H,5,7,12,18H2,1,3-4H3. The molecule has 0 radical (unpaired) electrons. The minimum absolute atomic E-state index is 0.100. The van der Waals surface area contributed by atoms with Crippen molar-refractivity contribution in [1.82, 2.24) is 5.32 Å². The Morgan fingerprint density at radius 1 is 1.21 bits per heavy atom. The van der Waals surface area contributed by atoms with E-state index in [-0.39, 0.29) is 12.1 Å². The van der Waals surface area contributed by atoms with Gasteiger partial charge in [0, 0.05) is 12.6 Å². The monoisotopic (exact) mass is 258 g/mol. The van der Waals surface area contributed by atoms with Crippen molar-refractivity contribution < 1.29 is 0 Å². The smallest absolute Gasteiger partial charge is 0.0692 e. The highest BCUT2D eigenvalue weighted by Crippen LogP contribution is 2.19. The van der Waals surface area contributed by atoms with Crippen LogP contribution in [0, 0.1) is 12.3 Å². The summed E-state index contributed by atoms with van der Waals surface area (Å²) in [6.07, 6.45) is 7.61. The van der Waals surface area contributed by atoms with Crippen LogP contribution in [0.25, 0.3) is 0 Å². The average molecular weight is 258 g/mol. The zero-order chi connectivity index (χ0) is 14.3. The molecule has 0 saturated carbocycles. The first-order valence-electron chi connectivity index (χ1n) is 7.14. The van der Waals surface area contributed by atoms with Crippen molar-refractivity contribution in [2.45, 2.75) is 51.6 Å². The van der Waals surface area contributed by atoms with E-state index in [1.54, 1.807) is 0 Å². The van der Waals surface area contributed by atoms with E-state index in [2.05, 4.69) is 56.3 Å². The van der Waals surface area contributed by atoms with Crippen LogP contribution in [-0.4, -0.2) is 12.6 Å². The molecule has 0 spiro atoms. The van der Waals surface area contributed by atoms with Crippen molar-refractivity contribution in [2.75, 3.05) is 6.54 Å². The third-order valence-electron chi connectivity index (χ3n) is 3.42. The Hall–Kier alpha value is -1.30. The summed E-state index contributed by atoms with van der Waals surface area (Å²) in [6, 6.07) is 8.89. The number of nitrogens with two attached hydrogens (primary N) is 1. The molecule has 2 nitrogen and oxygen atoms in total. The topological polar surface area (TPSA) is 38.0 Å². The van der Waals surface area contributed by atoms with Gasteiger partial charge < -0.3 is 5.73 Å². The third-order valence-corrected chi connectivity index (χ3v) is 3.42. The maximum absolute atomic E-state index is 5.87. The first-order chi connectivity index (χ1) is 9.12. The molecule has 1 rings (SSSR count). The van der Waals surface area contributed by atoms with Crippen molar-refractivity contribution in [2.24, 2.45) is 5.73 Å². The third kappa shape index (κ3) is 4.70. The molecule has 0 aliphatic carbocycles. The van der Waals surface area contributed by atoms with Gasteiger partial charge in [-0.3, -0.25) is 5.32 Å². The fourth-order valence-electron chi connectivity index (χ4n) is 2.16. The maximum atomic E-state index is 5.87. The van der Waals surface area contributed by atoms with Crippen LogP contribution in [0.15, 0.2) is 24.3 Å². The molecule has 0 saturated heterocycles. The predicted octanol–water partition coefficient (Wildman–Crippen LogP) is 3.20. The molecule has 3 N–H and O–H groups in total. The van der Waals surface area contributed by atoms with Crippen LogP contribution in [0.5, 0.6) is 0 Å². The van der Waals surface area contributed by atoms with Crippen LogP contribution in [0.4, 0.5) is 0 Å². The Balaban J connectivity index is 2.76. The lowest BCUT2D eigenvalue weighted by molar-refractivity contribution is 0.475. The predicted molar refractivity (Wildman–Crippen MR) is 83.0 cm³/mol. The second-order valence-corrected chi connectivity index (χ2v) is 5.28. The largest absolute Gasteiger partial charge is 0.329 e. The van der Waals surface area contributed by atoms with Crippen LogP contribution in [0.3, 0.4) is 0 Å². The van der Waals surface area contributed by atoms with Crippen molar-refractivity contribution >= 4 is 0 Å². The summed E-state index contributed by atoms with van der Waals surface area (Å²) in [4.78, 5) is 0. The van der Waals surface area contributed by atoms with Gasteiger partial charge in [-0.1, -0.05) is 57.4 Å². The molecular formula is C17H26N2. The molecule has 2 unspecified atom stereocenters. The van der Waals surface area contributed by atoms with E-state index in [1.807, 2.05) is 0 Å². The Labute approximate surface area is 117 Å². The van der Waals surface area contributed by atoms with E-state index >= 15 is 0 Å². The number of benzene rings is 1. The van der Waals surface area contributed by atoms with Crippen molar-refractivity contribution in [3.8, 4) is 12.3 Å². The highest BCUT2D eigenvalue weighted by molar-refractivity contribution is 5.27. The van der Waals surface area contributed by atoms with Gasteiger partial charge in [0.15, 0.2) is 0 Å². The van der Waals surface area contributed by atoms with Gasteiger partial charge in [0.25, 0.3) is 0 Å². The molecular weight excluding hydrogens is 232 g/mol. The molecule has 19 heavy (non-hydrogen) atoms. The van der Waals surface area contributed by atoms with Gasteiger partial charge in [-0.15, -0.1) is 6.42 Å². The Bertz CT molecular complexity index is 400. The van der Waals surface area contributed by atoms with Gasteiger partial charge in [0.2, 0.25) is 0 Å². The van der Waals surface area contributed by atoms with Crippen LogP contribution >= 0.6 is 0 Å². The molecule has 0 amide bonds. The van der Waals surface area contributed by atoms with Crippen molar-refractivity contribution in [3.63, 3.8) is 0 Å². The SMILES string of the molecule is C#CC(CCC)NC(CN)c1ccc(C(C)C)cc1. The lowest BCUT2D eigenvalue weighted by Gasteiger charge is -2.22. The van der Waals surface area contributed by atoms with E-state index in [4.69, 9.17) is 12.2 Å². The first-order valence-corrected chi connectivity index (χ1v) is 7.14. The van der Waals surface area contributed by atoms with Gasteiger partial charge >= 0.3 is 0 Å². The molecule has 2 atom stereocenters. The maximum Gasteiger partial charge on any atom is 0.0692 e. The summed E-state index contributed by atoms with van der Waals surface area (Å²) >= 11 is 0. The van der Waals surface area contributed by atoms with Gasteiger partial charge in [-0.25, -0.2) is 0 Å². The number of nitrogens with one attached hydrogen (secondary N) is 1. The van der Waals surface area contributed by atoms with E-state index in [0.29, 0.717) is 12.5 Å². The lowest BCUT2D eigenvalue weighted by Crippen LogP contribution is -2.35. The molecule has 0 heterocycles. The number of terminal acetylenes is 1. The van der Waals surface area contributed by atoms with Crippen LogP contribution in [0.2, 0.25) is 0 Å². The minimum atomic E-state index is 0.100. The van der Waals surface area contributed by atoms with Gasteiger partial charge in [0.1, 0.15) is 0 Å². The molecule has 0 aliphatic heterocycles. The number of rotatable bonds is 7. The van der Waals surface area contributed by atoms with Gasteiger partial charge in [0.05, 0.1) is 6.04 Å². The van der Waals surface area contributed by atoms with Crippen LogP contribution in [-0.2, 0) is 0 Å². The van der Waals surface area contributed by atoms with E-state index in [1.165, 1.54) is 11.1 Å². The number of hydrogen-bond donors (Lipinski definition) is 2. The van der Waals surface area contributed by atoms with Crippen LogP contribution < -0.4 is 11.1 Å². The molecule has 0 aliphatic rings. The summed E-state index contributed by atoms with van der Waals surface area (Å²) in [6.45, 7) is 7.09. The minimum Gasteiger partial charge on any atom is -0.329 e. The van der Waals surface area contributed by atoms with E-state index in [9.17, 15) is 0 Å². The van der Waals surface area contributed by atoms with E-state index in [0.717, 1.165) is 12.8 Å². The highest BCUT2D eigenvalue weighted by atomic mass is 15.0. The molecule has 0 bridgehead atoms. The molecule has 1 aromatic carbocycles.